The summed E-state index contributed by atoms with van der Waals surface area (Å²) in [6, 6.07) is 12.4. The summed E-state index contributed by atoms with van der Waals surface area (Å²) in [5.41, 5.74) is 2.23. The Labute approximate surface area is 193 Å². The molecule has 2 heterocycles. The molecule has 0 N–H and O–H groups in total. The highest BCUT2D eigenvalue weighted by Crippen LogP contribution is 2.46. The molecule has 8 heteroatoms. The number of ether oxygens (including phenoxy) is 3. The molecular formula is C25H29N3O5. The van der Waals surface area contributed by atoms with Crippen molar-refractivity contribution >= 4 is 28.9 Å². The van der Waals surface area contributed by atoms with E-state index in [4.69, 9.17) is 19.2 Å². The fourth-order valence-electron chi connectivity index (χ4n) is 4.50. The van der Waals surface area contributed by atoms with Gasteiger partial charge in [0.25, 0.3) is 0 Å². The van der Waals surface area contributed by atoms with Crippen molar-refractivity contribution in [3.8, 4) is 11.5 Å². The van der Waals surface area contributed by atoms with Crippen molar-refractivity contribution in [2.75, 3.05) is 32.3 Å². The van der Waals surface area contributed by atoms with Gasteiger partial charge in [-0.15, -0.1) is 0 Å². The first-order chi connectivity index (χ1) is 16.1. The summed E-state index contributed by atoms with van der Waals surface area (Å²) in [7, 11) is 3.10. The van der Waals surface area contributed by atoms with E-state index in [1.807, 2.05) is 41.0 Å². The molecule has 1 amide bonds. The van der Waals surface area contributed by atoms with E-state index in [0.717, 1.165) is 23.9 Å². The van der Waals surface area contributed by atoms with Crippen LogP contribution in [-0.4, -0.2) is 48.8 Å². The van der Waals surface area contributed by atoms with Crippen molar-refractivity contribution in [3.63, 3.8) is 0 Å². The molecule has 1 aromatic heterocycles. The van der Waals surface area contributed by atoms with Gasteiger partial charge in [0.2, 0.25) is 11.9 Å². The number of hydrogen-bond donors (Lipinski definition) is 0. The van der Waals surface area contributed by atoms with Gasteiger partial charge >= 0.3 is 5.97 Å². The Bertz CT molecular complexity index is 1170. The van der Waals surface area contributed by atoms with Gasteiger partial charge in [0.05, 0.1) is 37.9 Å². The van der Waals surface area contributed by atoms with E-state index in [9.17, 15) is 9.59 Å². The number of para-hydroxylation sites is 3. The Kier molecular flexibility index (Phi) is 6.53. The molecule has 33 heavy (non-hydrogen) atoms. The maximum Gasteiger partial charge on any atom is 0.321 e. The Balaban J connectivity index is 2.03. The molecule has 2 aromatic carbocycles. The van der Waals surface area contributed by atoms with Crippen LogP contribution in [0.15, 0.2) is 42.5 Å². The number of esters is 1. The Morgan fingerprint density at radius 1 is 1.06 bits per heavy atom. The van der Waals surface area contributed by atoms with E-state index in [1.165, 1.54) is 0 Å². The smallest absolute Gasteiger partial charge is 0.321 e. The van der Waals surface area contributed by atoms with Gasteiger partial charge in [-0.1, -0.05) is 37.6 Å². The number of carbonyl (C=O) groups excluding carboxylic acids is 2. The highest BCUT2D eigenvalue weighted by atomic mass is 16.5. The molecule has 0 bridgehead atoms. The minimum absolute atomic E-state index is 0.178. The minimum atomic E-state index is -1.09. The summed E-state index contributed by atoms with van der Waals surface area (Å²) in [6.45, 7) is 4.44. The molecule has 0 fully saturated rings. The normalized spacial score (nSPS) is 17.7. The van der Waals surface area contributed by atoms with Crippen LogP contribution in [0, 0.1) is 5.92 Å². The van der Waals surface area contributed by atoms with Gasteiger partial charge in [0.1, 0.15) is 0 Å². The fraction of sp³-hybridized carbons (Fsp3) is 0.400. The van der Waals surface area contributed by atoms with Crippen LogP contribution in [-0.2, 0) is 14.3 Å². The van der Waals surface area contributed by atoms with E-state index in [1.54, 1.807) is 32.1 Å². The molecule has 174 valence electrons. The standard InChI is InChI=1S/C25H29N3O5/c1-5-7-15-27-23(29)20(24(30)33-6-2)21(16-11-10-14-19(31-3)22(16)32-4)28-18-13-9-8-12-17(18)26-25(27)28/h8-14,20-21H,5-7,15H2,1-4H3/t20-,21-/m0/s1. The van der Waals surface area contributed by atoms with Gasteiger partial charge < -0.3 is 18.8 Å². The van der Waals surface area contributed by atoms with Crippen molar-refractivity contribution in [1.82, 2.24) is 9.55 Å². The molecule has 0 saturated heterocycles. The number of benzene rings is 2. The number of imidazole rings is 1. The molecule has 4 rings (SSSR count). The second kappa shape index (κ2) is 9.52. The largest absolute Gasteiger partial charge is 0.493 e. The highest BCUT2D eigenvalue weighted by molar-refractivity contribution is 6.08. The number of carbonyl (C=O) groups is 2. The van der Waals surface area contributed by atoms with E-state index < -0.39 is 17.9 Å². The molecule has 0 aliphatic carbocycles. The third kappa shape index (κ3) is 3.79. The number of methoxy groups -OCH3 is 2. The van der Waals surface area contributed by atoms with E-state index >= 15 is 0 Å². The molecule has 3 aromatic rings. The summed E-state index contributed by atoms with van der Waals surface area (Å²) in [4.78, 5) is 33.5. The molecule has 0 radical (unpaired) electrons. The van der Waals surface area contributed by atoms with Crippen molar-refractivity contribution in [2.45, 2.75) is 32.7 Å². The van der Waals surface area contributed by atoms with Crippen molar-refractivity contribution in [2.24, 2.45) is 5.92 Å². The average molecular weight is 452 g/mol. The number of amides is 1. The Hall–Kier alpha value is -3.55. The first-order valence-electron chi connectivity index (χ1n) is 11.2. The number of unbranched alkanes of at least 4 members (excludes halogenated alkanes) is 1. The summed E-state index contributed by atoms with van der Waals surface area (Å²) >= 11 is 0. The molecule has 1 aliphatic rings. The second-order valence-corrected chi connectivity index (χ2v) is 7.87. The summed E-state index contributed by atoms with van der Waals surface area (Å²) in [6.07, 6.45) is 1.69. The van der Waals surface area contributed by atoms with Crippen LogP contribution >= 0.6 is 0 Å². The summed E-state index contributed by atoms with van der Waals surface area (Å²) in [5.74, 6) is -0.470. The molecular weight excluding hydrogens is 422 g/mol. The molecule has 0 unspecified atom stereocenters. The lowest BCUT2D eigenvalue weighted by Crippen LogP contribution is -2.50. The highest BCUT2D eigenvalue weighted by Gasteiger charge is 2.48. The maximum absolute atomic E-state index is 13.8. The van der Waals surface area contributed by atoms with Gasteiger partial charge in [-0.05, 0) is 31.5 Å². The zero-order chi connectivity index (χ0) is 23.5. The van der Waals surface area contributed by atoms with Gasteiger partial charge in [-0.3, -0.25) is 14.5 Å². The first kappa shape index (κ1) is 22.6. The number of fused-ring (bicyclic) bond motifs is 3. The Morgan fingerprint density at radius 2 is 1.85 bits per heavy atom. The van der Waals surface area contributed by atoms with Gasteiger partial charge in [0, 0.05) is 12.1 Å². The minimum Gasteiger partial charge on any atom is -0.493 e. The predicted molar refractivity (Wildman–Crippen MR) is 125 cm³/mol. The second-order valence-electron chi connectivity index (χ2n) is 7.87. The third-order valence-electron chi connectivity index (χ3n) is 5.97. The number of anilines is 1. The molecule has 1 aliphatic heterocycles. The SMILES string of the molecule is CCCCN1C(=O)[C@@H](C(=O)OCC)[C@H](c2cccc(OC)c2OC)n2c1nc1ccccc12. The lowest BCUT2D eigenvalue weighted by atomic mass is 9.88. The van der Waals surface area contributed by atoms with Crippen molar-refractivity contribution in [3.05, 3.63) is 48.0 Å². The van der Waals surface area contributed by atoms with Crippen molar-refractivity contribution < 1.29 is 23.8 Å². The van der Waals surface area contributed by atoms with Crippen LogP contribution in [0.4, 0.5) is 5.95 Å². The predicted octanol–water partition coefficient (Wildman–Crippen LogP) is 3.97. The quantitative estimate of drug-likeness (QED) is 0.381. The molecule has 2 atom stereocenters. The zero-order valence-electron chi connectivity index (χ0n) is 19.4. The molecule has 0 saturated carbocycles. The molecule has 0 spiro atoms. The summed E-state index contributed by atoms with van der Waals surface area (Å²) in [5, 5.41) is 0. The first-order valence-corrected chi connectivity index (χ1v) is 11.2. The maximum atomic E-state index is 13.8. The molecule has 8 nitrogen and oxygen atoms in total. The number of nitrogens with zero attached hydrogens (tertiary/aromatic N) is 3. The lowest BCUT2D eigenvalue weighted by Gasteiger charge is -2.38. The van der Waals surface area contributed by atoms with Crippen LogP contribution in [0.1, 0.15) is 38.3 Å². The van der Waals surface area contributed by atoms with Crippen LogP contribution in [0.25, 0.3) is 11.0 Å². The monoisotopic (exact) mass is 451 g/mol. The number of hydrogen-bond acceptors (Lipinski definition) is 6. The topological polar surface area (TPSA) is 82.9 Å². The average Bonchev–Trinajstić information content (AvgIpc) is 3.21. The third-order valence-corrected chi connectivity index (χ3v) is 5.97. The van der Waals surface area contributed by atoms with E-state index in [2.05, 4.69) is 6.92 Å². The zero-order valence-corrected chi connectivity index (χ0v) is 19.4. The van der Waals surface area contributed by atoms with Crippen LogP contribution < -0.4 is 14.4 Å². The Morgan fingerprint density at radius 3 is 2.55 bits per heavy atom. The number of rotatable bonds is 8. The van der Waals surface area contributed by atoms with Crippen LogP contribution in [0.5, 0.6) is 11.5 Å². The fourth-order valence-corrected chi connectivity index (χ4v) is 4.50. The summed E-state index contributed by atoms with van der Waals surface area (Å²) < 4.78 is 18.6. The van der Waals surface area contributed by atoms with Crippen LogP contribution in [0.3, 0.4) is 0 Å². The van der Waals surface area contributed by atoms with Gasteiger partial charge in [0.15, 0.2) is 17.4 Å². The number of aromatic nitrogens is 2. The van der Waals surface area contributed by atoms with E-state index in [-0.39, 0.29) is 12.5 Å². The lowest BCUT2D eigenvalue weighted by molar-refractivity contribution is -0.153. The van der Waals surface area contributed by atoms with E-state index in [0.29, 0.717) is 29.6 Å². The van der Waals surface area contributed by atoms with Gasteiger partial charge in [-0.2, -0.15) is 0 Å². The van der Waals surface area contributed by atoms with Crippen LogP contribution in [0.2, 0.25) is 0 Å². The van der Waals surface area contributed by atoms with Crippen molar-refractivity contribution in [1.29, 1.82) is 0 Å². The van der Waals surface area contributed by atoms with Gasteiger partial charge in [-0.25, -0.2) is 4.98 Å².